The molecule has 0 radical (unpaired) electrons. The Morgan fingerprint density at radius 2 is 0.654 bits per heavy atom. The van der Waals surface area contributed by atoms with E-state index < -0.39 is 11.9 Å². The van der Waals surface area contributed by atoms with Crippen LogP contribution in [0.1, 0.15) is 11.1 Å². The van der Waals surface area contributed by atoms with Crippen LogP contribution >= 0.6 is 0 Å². The lowest BCUT2D eigenvalue weighted by molar-refractivity contribution is -0.133. The van der Waals surface area contributed by atoms with Gasteiger partial charge in [-0.1, -0.05) is 133 Å². The number of rotatable bonds is 17. The normalized spacial score (nSPS) is 11.2. The molecule has 0 saturated heterocycles. The van der Waals surface area contributed by atoms with Gasteiger partial charge in [0.2, 0.25) is 0 Å². The minimum absolute atomic E-state index is 0.360. The molecule has 0 heterocycles. The van der Waals surface area contributed by atoms with Crippen molar-refractivity contribution in [2.24, 2.45) is 0 Å². The first kappa shape index (κ1) is 50.3. The Hall–Kier alpha value is -11.2. The number of hydrogen-bond acceptors (Lipinski definition) is 7. The molecule has 0 aliphatic carbocycles. The van der Waals surface area contributed by atoms with Gasteiger partial charge in [0.05, 0.1) is 6.57 Å². The number of aliphatic carboxylic acids is 2. The van der Waals surface area contributed by atoms with Crippen LogP contribution in [0.2, 0.25) is 0 Å². The van der Waals surface area contributed by atoms with E-state index in [1.807, 2.05) is 182 Å². The molecule has 0 saturated carbocycles. The summed E-state index contributed by atoms with van der Waals surface area (Å²) in [5.41, 5.74) is 11.8. The van der Waals surface area contributed by atoms with E-state index in [1.54, 1.807) is 30.3 Å². The molecule has 0 spiro atoms. The summed E-state index contributed by atoms with van der Waals surface area (Å²) in [6.07, 6.45) is 2.70. The van der Waals surface area contributed by atoms with Gasteiger partial charge in [0.25, 0.3) is 5.70 Å². The van der Waals surface area contributed by atoms with Gasteiger partial charge in [-0.25, -0.2) is 9.64 Å². The van der Waals surface area contributed by atoms with E-state index in [2.05, 4.69) is 63.2 Å². The first-order valence-electron chi connectivity index (χ1n) is 24.7. The lowest BCUT2D eigenvalue weighted by Crippen LogP contribution is -2.10. The first-order chi connectivity index (χ1) is 38.2. The molecule has 0 unspecified atom stereocenters. The van der Waals surface area contributed by atoms with Gasteiger partial charge < -0.3 is 29.5 Å². The van der Waals surface area contributed by atoms with Crippen molar-refractivity contribution in [1.29, 1.82) is 5.26 Å². The molecule has 10 nitrogen and oxygen atoms in total. The lowest BCUT2D eigenvalue weighted by Gasteiger charge is -2.26. The Morgan fingerprint density at radius 1 is 0.385 bits per heavy atom. The van der Waals surface area contributed by atoms with E-state index in [1.165, 1.54) is 12.2 Å². The second kappa shape index (κ2) is 23.3. The zero-order valence-corrected chi connectivity index (χ0v) is 41.7. The fourth-order valence-corrected chi connectivity index (χ4v) is 8.84. The van der Waals surface area contributed by atoms with Crippen molar-refractivity contribution in [3.63, 3.8) is 0 Å². The number of anilines is 6. The second-order valence-electron chi connectivity index (χ2n) is 17.8. The van der Waals surface area contributed by atoms with Crippen molar-refractivity contribution < 1.29 is 29.3 Å². The number of benzene rings is 10. The highest BCUT2D eigenvalue weighted by atomic mass is 16.5. The highest BCUT2D eigenvalue weighted by molar-refractivity contribution is 5.97. The van der Waals surface area contributed by atoms with Gasteiger partial charge in [0, 0.05) is 34.1 Å². The SMILES string of the molecule is [C-]#[N+]/C(=C\c1ccc(N(c2ccc(Oc3ccc(-c4ccccc4)cc3)cc2)c2ccc(-c3ccc(N(c4ccc(C=C(C#N)C(=O)O)cc4)c4ccc(Oc5ccc(-c6ccccc6)cc5)cc4)cc3)cc2)cc1)C(=O)O. The molecule has 10 heteroatoms. The topological polar surface area (TPSA) is 128 Å². The maximum absolute atomic E-state index is 11.6. The van der Waals surface area contributed by atoms with E-state index in [0.29, 0.717) is 34.1 Å². The Labute approximate surface area is 451 Å². The van der Waals surface area contributed by atoms with Gasteiger partial charge in [-0.2, -0.15) is 5.26 Å². The van der Waals surface area contributed by atoms with Crippen LogP contribution in [-0.4, -0.2) is 22.2 Å². The summed E-state index contributed by atoms with van der Waals surface area (Å²) in [5, 5.41) is 28.3. The molecule has 0 aliphatic rings. The minimum Gasteiger partial charge on any atom is -0.486 e. The second-order valence-corrected chi connectivity index (χ2v) is 17.8. The minimum atomic E-state index is -1.29. The van der Waals surface area contributed by atoms with E-state index in [4.69, 9.17) is 16.0 Å². The van der Waals surface area contributed by atoms with Crippen LogP contribution in [0.25, 0.3) is 50.4 Å². The van der Waals surface area contributed by atoms with Crippen molar-refractivity contribution in [1.82, 2.24) is 0 Å². The van der Waals surface area contributed by atoms with E-state index >= 15 is 0 Å². The summed E-state index contributed by atoms with van der Waals surface area (Å²) in [4.78, 5) is 30.6. The van der Waals surface area contributed by atoms with Crippen LogP contribution in [-0.2, 0) is 9.59 Å². The molecule has 10 aromatic carbocycles. The quantitative estimate of drug-likeness (QED) is 0.0520. The van der Waals surface area contributed by atoms with E-state index in [0.717, 1.165) is 67.5 Å². The highest BCUT2D eigenvalue weighted by Gasteiger charge is 2.17. The van der Waals surface area contributed by atoms with Crippen molar-refractivity contribution in [3.05, 3.63) is 289 Å². The Kier molecular flexibility index (Phi) is 15.1. The molecule has 78 heavy (non-hydrogen) atoms. The molecule has 0 bridgehead atoms. The molecule has 0 fully saturated rings. The first-order valence-corrected chi connectivity index (χ1v) is 24.7. The van der Waals surface area contributed by atoms with Gasteiger partial charge >= 0.3 is 11.9 Å². The van der Waals surface area contributed by atoms with Crippen molar-refractivity contribution in [2.75, 3.05) is 9.80 Å². The molecule has 0 amide bonds. The van der Waals surface area contributed by atoms with Crippen LogP contribution in [0, 0.1) is 17.9 Å². The fourth-order valence-electron chi connectivity index (χ4n) is 8.84. The molecule has 2 N–H and O–H groups in total. The summed E-state index contributed by atoms with van der Waals surface area (Å²) in [7, 11) is 0. The zero-order valence-electron chi connectivity index (χ0n) is 41.7. The van der Waals surface area contributed by atoms with Gasteiger partial charge in [-0.15, -0.1) is 0 Å². The fraction of sp³-hybridized carbons (Fsp3) is 0. The number of nitrogens with zero attached hydrogens (tertiary/aromatic N) is 4. The largest absolute Gasteiger partial charge is 0.486 e. The smallest absolute Gasteiger partial charge is 0.346 e. The average molecular weight is 1020 g/mol. The Morgan fingerprint density at radius 3 is 0.949 bits per heavy atom. The molecule has 10 aromatic rings. The molecular formula is C68H46N4O6. The third-order valence-corrected chi connectivity index (χ3v) is 12.8. The molecule has 0 aromatic heterocycles. The van der Waals surface area contributed by atoms with Crippen LogP contribution < -0.4 is 19.3 Å². The van der Waals surface area contributed by atoms with Crippen LogP contribution in [0.15, 0.2) is 266 Å². The molecule has 10 rings (SSSR count). The monoisotopic (exact) mass is 1010 g/mol. The van der Waals surface area contributed by atoms with Gasteiger partial charge in [0.1, 0.15) is 34.6 Å². The van der Waals surface area contributed by atoms with Crippen LogP contribution in [0.5, 0.6) is 23.0 Å². The molecule has 0 atom stereocenters. The highest BCUT2D eigenvalue weighted by Crippen LogP contribution is 2.40. The Bertz CT molecular complexity index is 3590. The van der Waals surface area contributed by atoms with Gasteiger partial charge in [0.15, 0.2) is 0 Å². The number of carbonyl (C=O) groups is 2. The predicted octanol–water partition coefficient (Wildman–Crippen LogP) is 17.5. The molecular weight excluding hydrogens is 969 g/mol. The van der Waals surface area contributed by atoms with E-state index in [-0.39, 0.29) is 11.3 Å². The Balaban J connectivity index is 0.918. The maximum atomic E-state index is 11.6. The summed E-state index contributed by atoms with van der Waals surface area (Å²) in [6, 6.07) is 84.7. The third kappa shape index (κ3) is 11.9. The number of nitriles is 1. The van der Waals surface area contributed by atoms with Crippen molar-refractivity contribution >= 4 is 58.2 Å². The standard InChI is InChI=1S/C68H46N4O6/c1-70-66(68(75)76)45-48-14-26-57(27-15-48)72(61-34-42-65(43-35-61)78-63-38-22-54(23-39-63)50-10-6-3-7-11-50)59-30-18-52(19-31-59)51-16-28-58(29-17-51)71(56-24-12-47(13-25-56)44-55(46-69)67(73)74)60-32-40-64(41-33-60)77-62-36-20-53(21-37-62)49-8-4-2-5-9-49/h2-45H,(H,73,74)(H,75,76)/b55-44?,66-45-. The lowest BCUT2D eigenvalue weighted by atomic mass is 10.0. The van der Waals surface area contributed by atoms with Gasteiger partial charge in [-0.05, 0) is 178 Å². The maximum Gasteiger partial charge on any atom is 0.346 e. The zero-order chi connectivity index (χ0) is 53.8. The number of carboxylic acid groups (broad SMARTS) is 2. The summed E-state index contributed by atoms with van der Waals surface area (Å²) in [6.45, 7) is 7.31. The summed E-state index contributed by atoms with van der Waals surface area (Å²) in [5.74, 6) is 0.157. The van der Waals surface area contributed by atoms with Crippen LogP contribution in [0.4, 0.5) is 34.1 Å². The summed E-state index contributed by atoms with van der Waals surface area (Å²) < 4.78 is 12.5. The van der Waals surface area contributed by atoms with Crippen molar-refractivity contribution in [2.45, 2.75) is 0 Å². The van der Waals surface area contributed by atoms with Gasteiger partial charge in [-0.3, -0.25) is 4.79 Å². The number of carboxylic acids is 2. The van der Waals surface area contributed by atoms with Crippen molar-refractivity contribution in [3.8, 4) is 62.4 Å². The average Bonchev–Trinajstić information content (AvgIpc) is 3.51. The number of hydrogen-bond donors (Lipinski definition) is 2. The van der Waals surface area contributed by atoms with E-state index in [9.17, 15) is 25.1 Å². The molecule has 0 aliphatic heterocycles. The van der Waals surface area contributed by atoms with Crippen LogP contribution in [0.3, 0.4) is 0 Å². The summed E-state index contributed by atoms with van der Waals surface area (Å²) >= 11 is 0. The molecule has 374 valence electrons. The predicted molar refractivity (Wildman–Crippen MR) is 309 cm³/mol. The third-order valence-electron chi connectivity index (χ3n) is 12.8. The number of ether oxygens (including phenoxy) is 2.